The van der Waals surface area contributed by atoms with Crippen molar-refractivity contribution in [1.29, 1.82) is 0 Å². The predicted molar refractivity (Wildman–Crippen MR) is 203 cm³/mol. The molecule has 0 heterocycles. The van der Waals surface area contributed by atoms with Crippen LogP contribution < -0.4 is 0 Å². The Balaban J connectivity index is 2.56. The van der Waals surface area contributed by atoms with Gasteiger partial charge in [-0.2, -0.15) is 0 Å². The monoisotopic (exact) mass is 774 g/mol. The highest BCUT2D eigenvalue weighted by molar-refractivity contribution is 7.47. The van der Waals surface area contributed by atoms with Gasteiger partial charge in [0.2, 0.25) is 0 Å². The maximum Gasteiger partial charge on any atom is 0.472 e. The van der Waals surface area contributed by atoms with Crippen molar-refractivity contribution in [2.45, 2.75) is 172 Å². The van der Waals surface area contributed by atoms with E-state index in [0.717, 1.165) is 57.8 Å². The molecule has 0 spiro atoms. The lowest BCUT2D eigenvalue weighted by Gasteiger charge is -2.41. The summed E-state index contributed by atoms with van der Waals surface area (Å²) >= 11 is 0. The van der Waals surface area contributed by atoms with Crippen LogP contribution in [0, 0.1) is 0 Å². The summed E-state index contributed by atoms with van der Waals surface area (Å²) in [4.78, 5) is 35.3. The molecule has 0 aromatic carbocycles. The molecule has 53 heavy (non-hydrogen) atoms. The second kappa shape index (κ2) is 30.1. The lowest BCUT2D eigenvalue weighted by Crippen LogP contribution is -2.64. The minimum atomic E-state index is -5.12. The normalized spacial score (nSPS) is 24.0. The zero-order valence-electron chi connectivity index (χ0n) is 31.8. The van der Waals surface area contributed by atoms with Crippen LogP contribution in [-0.2, 0) is 32.7 Å². The van der Waals surface area contributed by atoms with Gasteiger partial charge in [0.25, 0.3) is 0 Å². The molecule has 0 aromatic rings. The number of aliphatic hydroxyl groups is 5. The van der Waals surface area contributed by atoms with Gasteiger partial charge >= 0.3 is 19.8 Å². The van der Waals surface area contributed by atoms with Crippen molar-refractivity contribution in [3.8, 4) is 0 Å². The molecule has 6 unspecified atom stereocenters. The number of phosphoric ester groups is 1. The van der Waals surface area contributed by atoms with E-state index in [0.29, 0.717) is 19.3 Å². The van der Waals surface area contributed by atoms with Crippen LogP contribution in [0.1, 0.15) is 129 Å². The molecule has 1 saturated carbocycles. The Bertz CT molecular complexity index is 1120. The highest BCUT2D eigenvalue weighted by Gasteiger charge is 2.51. The maximum absolute atomic E-state index is 12.7. The van der Waals surface area contributed by atoms with E-state index in [2.05, 4.69) is 50.3 Å². The number of esters is 2. The molecule has 0 saturated heterocycles. The summed E-state index contributed by atoms with van der Waals surface area (Å²) in [5, 5.41) is 49.8. The fourth-order valence-corrected chi connectivity index (χ4v) is 6.43. The van der Waals surface area contributed by atoms with Crippen LogP contribution in [0.25, 0.3) is 0 Å². The van der Waals surface area contributed by atoms with Gasteiger partial charge in [-0.25, -0.2) is 4.57 Å². The number of unbranched alkanes of at least 4 members (excludes halogenated alkanes) is 10. The Morgan fingerprint density at radius 1 is 0.585 bits per heavy atom. The summed E-state index contributed by atoms with van der Waals surface area (Å²) in [5.41, 5.74) is 0. The number of ether oxygens (including phenoxy) is 2. The number of carbonyl (C=O) groups is 2. The largest absolute Gasteiger partial charge is 0.472 e. The van der Waals surface area contributed by atoms with Gasteiger partial charge in [0.15, 0.2) is 6.10 Å². The molecular weight excluding hydrogens is 707 g/mol. The smallest absolute Gasteiger partial charge is 0.462 e. The second-order valence-corrected chi connectivity index (χ2v) is 14.8. The molecule has 1 fully saturated rings. The first-order chi connectivity index (χ1) is 25.4. The van der Waals surface area contributed by atoms with Crippen molar-refractivity contribution < 1.29 is 63.1 Å². The zero-order chi connectivity index (χ0) is 39.3. The van der Waals surface area contributed by atoms with E-state index in [1.54, 1.807) is 0 Å². The Labute approximate surface area is 316 Å². The van der Waals surface area contributed by atoms with Gasteiger partial charge in [-0.1, -0.05) is 114 Å². The first-order valence-electron chi connectivity index (χ1n) is 19.4. The number of allylic oxidation sites excluding steroid dienone is 8. The van der Waals surface area contributed by atoms with Crippen molar-refractivity contribution in [2.75, 3.05) is 13.2 Å². The molecule has 1 aliphatic rings. The number of hydrogen-bond acceptors (Lipinski definition) is 12. The molecule has 13 nitrogen and oxygen atoms in total. The first kappa shape index (κ1) is 48.8. The van der Waals surface area contributed by atoms with Gasteiger partial charge in [0, 0.05) is 12.8 Å². The van der Waals surface area contributed by atoms with E-state index >= 15 is 0 Å². The number of aliphatic hydroxyl groups excluding tert-OH is 5. The average Bonchev–Trinajstić information content (AvgIpc) is 3.13. The van der Waals surface area contributed by atoms with Crippen LogP contribution in [-0.4, -0.2) is 98.3 Å². The fraction of sp³-hybridized carbons (Fsp3) is 0.744. The molecule has 0 aliphatic heterocycles. The maximum atomic E-state index is 12.7. The molecular formula is C39H67O13P. The van der Waals surface area contributed by atoms with Crippen LogP contribution in [0.15, 0.2) is 48.6 Å². The summed E-state index contributed by atoms with van der Waals surface area (Å²) in [6.07, 6.45) is 19.4. The summed E-state index contributed by atoms with van der Waals surface area (Å²) in [7, 11) is -5.12. The average molecular weight is 775 g/mol. The van der Waals surface area contributed by atoms with Gasteiger partial charge in [-0.05, 0) is 51.4 Å². The van der Waals surface area contributed by atoms with E-state index < -0.39 is 75.7 Å². The summed E-state index contributed by atoms with van der Waals surface area (Å²) in [6, 6.07) is 0. The Hall–Kier alpha value is -2.19. The van der Waals surface area contributed by atoms with E-state index in [4.69, 9.17) is 18.5 Å². The summed E-state index contributed by atoms with van der Waals surface area (Å²) < 4.78 is 33.2. The van der Waals surface area contributed by atoms with Gasteiger partial charge in [0.05, 0.1) is 6.61 Å². The fourth-order valence-electron chi connectivity index (χ4n) is 5.45. The number of carbonyl (C=O) groups excluding carboxylic acids is 2. The van der Waals surface area contributed by atoms with Crippen LogP contribution in [0.4, 0.5) is 0 Å². The quantitative estimate of drug-likeness (QED) is 0.0213. The number of rotatable bonds is 30. The summed E-state index contributed by atoms with van der Waals surface area (Å²) in [6.45, 7) is 3.12. The van der Waals surface area contributed by atoms with Crippen molar-refractivity contribution in [1.82, 2.24) is 0 Å². The van der Waals surface area contributed by atoms with Gasteiger partial charge in [-0.3, -0.25) is 18.6 Å². The van der Waals surface area contributed by atoms with Crippen molar-refractivity contribution in [3.05, 3.63) is 48.6 Å². The van der Waals surface area contributed by atoms with Crippen LogP contribution in [0.3, 0.4) is 0 Å². The Morgan fingerprint density at radius 2 is 1.04 bits per heavy atom. The molecule has 0 bridgehead atoms. The van der Waals surface area contributed by atoms with Crippen molar-refractivity contribution >= 4 is 19.8 Å². The standard InChI is InChI=1S/C39H67O13P/c1-3-5-7-9-11-12-13-14-15-16-17-18-19-20-22-24-26-28-33(41)51-31(29-49-32(40)27-25-23-21-10-8-6-4-2)30-50-53(47,48)52-39-37(45)35(43)34(42)36(44)38(39)46/h11-12,14-15,17-18,20,22,31,34-39,42-46H,3-10,13,16,19,21,23-30H2,1-2H3,(H,47,48)/b12-11+,15-14+,18-17+,22-20+/t31-,34?,35-,36?,37?,38?,39?/m1/s1. The Kier molecular flexibility index (Phi) is 27.7. The number of phosphoric acid groups is 1. The first-order valence-corrected chi connectivity index (χ1v) is 20.9. The lowest BCUT2D eigenvalue weighted by molar-refractivity contribution is -0.220. The molecule has 306 valence electrons. The molecule has 14 heteroatoms. The van der Waals surface area contributed by atoms with E-state index in [-0.39, 0.29) is 12.8 Å². The van der Waals surface area contributed by atoms with Gasteiger partial charge in [0.1, 0.15) is 43.2 Å². The van der Waals surface area contributed by atoms with Gasteiger partial charge < -0.3 is 39.9 Å². The Morgan fingerprint density at radius 3 is 1.60 bits per heavy atom. The third-order valence-electron chi connectivity index (χ3n) is 8.67. The van der Waals surface area contributed by atoms with E-state index in [1.165, 1.54) is 25.7 Å². The molecule has 0 amide bonds. The third-order valence-corrected chi connectivity index (χ3v) is 9.66. The molecule has 6 N–H and O–H groups in total. The SMILES string of the molecule is CCCCC/C=C/C/C=C/C/C=C/C/C=C/CCCC(=O)O[C@H](COC(=O)CCCCCCCCC)COP(=O)(O)OC1C(O)C(O)C(O)[C@@H](O)C1O. The summed E-state index contributed by atoms with van der Waals surface area (Å²) in [5.74, 6) is -1.18. The molecule has 0 radical (unpaired) electrons. The second-order valence-electron chi connectivity index (χ2n) is 13.4. The van der Waals surface area contributed by atoms with Gasteiger partial charge in [-0.15, -0.1) is 0 Å². The van der Waals surface area contributed by atoms with E-state index in [9.17, 15) is 44.6 Å². The minimum absolute atomic E-state index is 0.0202. The van der Waals surface area contributed by atoms with Crippen LogP contribution in [0.5, 0.6) is 0 Å². The topological polar surface area (TPSA) is 210 Å². The molecule has 1 rings (SSSR count). The predicted octanol–water partition coefficient (Wildman–Crippen LogP) is 6.05. The molecule has 1 aliphatic carbocycles. The highest BCUT2D eigenvalue weighted by atomic mass is 31.2. The van der Waals surface area contributed by atoms with Crippen molar-refractivity contribution in [3.63, 3.8) is 0 Å². The highest BCUT2D eigenvalue weighted by Crippen LogP contribution is 2.47. The molecule has 0 aromatic heterocycles. The van der Waals surface area contributed by atoms with Crippen molar-refractivity contribution in [2.24, 2.45) is 0 Å². The van der Waals surface area contributed by atoms with Crippen LogP contribution in [0.2, 0.25) is 0 Å². The third kappa shape index (κ3) is 23.4. The zero-order valence-corrected chi connectivity index (χ0v) is 32.7. The number of hydrogen-bond donors (Lipinski definition) is 6. The van der Waals surface area contributed by atoms with E-state index in [1.807, 2.05) is 12.2 Å². The lowest BCUT2D eigenvalue weighted by atomic mass is 9.85. The minimum Gasteiger partial charge on any atom is -0.462 e. The molecule has 8 atom stereocenters. The van der Waals surface area contributed by atoms with Crippen LogP contribution >= 0.6 is 7.82 Å².